The van der Waals surface area contributed by atoms with Crippen LogP contribution in [-0.4, -0.2) is 13.2 Å². The summed E-state index contributed by atoms with van der Waals surface area (Å²) in [6.45, 7) is 2.19. The highest BCUT2D eigenvalue weighted by molar-refractivity contribution is 5.14. The molecule has 0 aromatic heterocycles. The van der Waals surface area contributed by atoms with Crippen LogP contribution in [0, 0.1) is 11.3 Å². The minimum absolute atomic E-state index is 0.521. The lowest BCUT2D eigenvalue weighted by atomic mass is 10.2. The van der Waals surface area contributed by atoms with E-state index >= 15 is 0 Å². The number of hydrogen-bond donors (Lipinski definition) is 0. The monoisotopic (exact) mass is 126 g/mol. The van der Waals surface area contributed by atoms with E-state index in [2.05, 4.69) is 6.92 Å². The maximum Gasteiger partial charge on any atom is 0.0576 e. The molecule has 2 rings (SSSR count). The lowest BCUT2D eigenvalue weighted by Crippen LogP contribution is -2.08. The summed E-state index contributed by atoms with van der Waals surface area (Å²) in [5.74, 6) is 0.919. The maximum absolute atomic E-state index is 5.25. The Labute approximate surface area is 56.4 Å². The van der Waals surface area contributed by atoms with Crippen LogP contribution in [-0.2, 0) is 4.74 Å². The van der Waals surface area contributed by atoms with Crippen LogP contribution in [0.25, 0.3) is 0 Å². The Bertz CT molecular complexity index is 127. The van der Waals surface area contributed by atoms with Gasteiger partial charge in [-0.05, 0) is 37.5 Å². The molecule has 2 saturated carbocycles. The summed E-state index contributed by atoms with van der Waals surface area (Å²) < 4.78 is 5.25. The minimum Gasteiger partial charge on any atom is -0.381 e. The van der Waals surface area contributed by atoms with Gasteiger partial charge in [-0.3, -0.25) is 0 Å². The van der Waals surface area contributed by atoms with Gasteiger partial charge in [0.15, 0.2) is 0 Å². The van der Waals surface area contributed by atoms with Crippen molar-refractivity contribution in [3.05, 3.63) is 0 Å². The van der Waals surface area contributed by atoms with Crippen molar-refractivity contribution in [2.24, 2.45) is 11.3 Å². The second-order valence-corrected chi connectivity index (χ2v) is 3.61. The number of methoxy groups -OCH3 is 1. The lowest BCUT2D eigenvalue weighted by molar-refractivity contribution is 0.0940. The van der Waals surface area contributed by atoms with Crippen LogP contribution < -0.4 is 0 Å². The summed E-state index contributed by atoms with van der Waals surface area (Å²) in [5, 5.41) is 0. The Kier molecular flexibility index (Phi) is 0.963. The first kappa shape index (κ1) is 5.72. The highest BCUT2D eigenvalue weighted by atomic mass is 16.5. The molecule has 1 nitrogen and oxygen atoms in total. The van der Waals surface area contributed by atoms with Crippen molar-refractivity contribution in [1.29, 1.82) is 0 Å². The van der Waals surface area contributed by atoms with Gasteiger partial charge in [0, 0.05) is 7.11 Å². The van der Waals surface area contributed by atoms with Gasteiger partial charge in [0.2, 0.25) is 0 Å². The van der Waals surface area contributed by atoms with E-state index in [0.29, 0.717) is 6.10 Å². The van der Waals surface area contributed by atoms with E-state index in [4.69, 9.17) is 4.74 Å². The fourth-order valence-electron chi connectivity index (χ4n) is 1.94. The van der Waals surface area contributed by atoms with Gasteiger partial charge in [-0.1, -0.05) is 0 Å². The molecule has 0 aromatic carbocycles. The molecule has 0 aliphatic heterocycles. The number of ether oxygens (including phenoxy) is 1. The van der Waals surface area contributed by atoms with Gasteiger partial charge in [-0.15, -0.1) is 0 Å². The molecular weight excluding hydrogens is 112 g/mol. The molecule has 2 aliphatic rings. The Balaban J connectivity index is 1.89. The molecule has 0 saturated heterocycles. The van der Waals surface area contributed by atoms with Gasteiger partial charge in [0.1, 0.15) is 0 Å². The summed E-state index contributed by atoms with van der Waals surface area (Å²) in [4.78, 5) is 0. The molecule has 2 unspecified atom stereocenters. The molecule has 1 heteroatoms. The van der Waals surface area contributed by atoms with Crippen LogP contribution in [0.5, 0.6) is 0 Å². The molecule has 0 radical (unpaired) electrons. The molecule has 52 valence electrons. The van der Waals surface area contributed by atoms with E-state index in [0.717, 1.165) is 11.3 Å². The topological polar surface area (TPSA) is 9.23 Å². The zero-order chi connectivity index (χ0) is 6.48. The van der Waals surface area contributed by atoms with E-state index in [-0.39, 0.29) is 0 Å². The van der Waals surface area contributed by atoms with Gasteiger partial charge in [-0.25, -0.2) is 0 Å². The van der Waals surface area contributed by atoms with Crippen molar-refractivity contribution in [3.8, 4) is 0 Å². The number of hydrogen-bond acceptors (Lipinski definition) is 1. The summed E-state index contributed by atoms with van der Waals surface area (Å²) in [5.41, 5.74) is 0.815. The third kappa shape index (κ3) is 0.710. The molecule has 0 heterocycles. The summed E-state index contributed by atoms with van der Waals surface area (Å²) in [6, 6.07) is 0. The summed E-state index contributed by atoms with van der Waals surface area (Å²) in [6.07, 6.45) is 4.92. The highest BCUT2D eigenvalue weighted by Crippen LogP contribution is 2.71. The van der Waals surface area contributed by atoms with Crippen molar-refractivity contribution in [3.63, 3.8) is 0 Å². The van der Waals surface area contributed by atoms with E-state index in [1.165, 1.54) is 19.3 Å². The first-order chi connectivity index (χ1) is 4.28. The first-order valence-corrected chi connectivity index (χ1v) is 3.81. The molecule has 0 aromatic rings. The van der Waals surface area contributed by atoms with Crippen LogP contribution in [0.1, 0.15) is 26.2 Å². The second kappa shape index (κ2) is 1.51. The zero-order valence-corrected chi connectivity index (χ0v) is 6.18. The van der Waals surface area contributed by atoms with Gasteiger partial charge in [-0.2, -0.15) is 0 Å². The van der Waals surface area contributed by atoms with Gasteiger partial charge < -0.3 is 4.74 Å². The molecule has 0 bridgehead atoms. The zero-order valence-electron chi connectivity index (χ0n) is 6.18. The Morgan fingerprint density at radius 1 is 1.56 bits per heavy atom. The molecule has 0 amide bonds. The van der Waals surface area contributed by atoms with E-state index in [1.807, 2.05) is 7.11 Å². The number of rotatable bonds is 2. The van der Waals surface area contributed by atoms with Crippen LogP contribution in [0.2, 0.25) is 0 Å². The largest absolute Gasteiger partial charge is 0.381 e. The van der Waals surface area contributed by atoms with Crippen LogP contribution >= 0.6 is 0 Å². The van der Waals surface area contributed by atoms with Gasteiger partial charge in [0.05, 0.1) is 6.10 Å². The normalized spacial score (nSPS) is 38.7. The lowest BCUT2D eigenvalue weighted by Gasteiger charge is -2.06. The predicted molar refractivity (Wildman–Crippen MR) is 36.2 cm³/mol. The standard InChI is InChI=1S/C8H14O/c1-6(9-2)7-5-8(7)3-4-8/h6-7H,3-5H2,1-2H3. The van der Waals surface area contributed by atoms with Crippen LogP contribution in [0.3, 0.4) is 0 Å². The quantitative estimate of drug-likeness (QED) is 0.548. The van der Waals surface area contributed by atoms with E-state index in [9.17, 15) is 0 Å². The van der Waals surface area contributed by atoms with Crippen LogP contribution in [0.15, 0.2) is 0 Å². The molecule has 2 atom stereocenters. The average molecular weight is 126 g/mol. The molecule has 2 aliphatic carbocycles. The van der Waals surface area contributed by atoms with Crippen molar-refractivity contribution in [1.82, 2.24) is 0 Å². The molecule has 2 fully saturated rings. The fraction of sp³-hybridized carbons (Fsp3) is 1.00. The highest BCUT2D eigenvalue weighted by Gasteiger charge is 2.64. The molecule has 0 N–H and O–H groups in total. The Hall–Kier alpha value is -0.0400. The van der Waals surface area contributed by atoms with E-state index < -0.39 is 0 Å². The second-order valence-electron chi connectivity index (χ2n) is 3.61. The predicted octanol–water partition coefficient (Wildman–Crippen LogP) is 1.82. The van der Waals surface area contributed by atoms with Crippen LogP contribution in [0.4, 0.5) is 0 Å². The maximum atomic E-state index is 5.25. The average Bonchev–Trinajstić information content (AvgIpc) is 2.74. The third-order valence-electron chi connectivity index (χ3n) is 3.08. The van der Waals surface area contributed by atoms with E-state index in [1.54, 1.807) is 0 Å². The first-order valence-electron chi connectivity index (χ1n) is 3.81. The molecule has 9 heavy (non-hydrogen) atoms. The smallest absolute Gasteiger partial charge is 0.0576 e. The minimum atomic E-state index is 0.521. The van der Waals surface area contributed by atoms with Crippen molar-refractivity contribution < 1.29 is 4.74 Å². The third-order valence-corrected chi connectivity index (χ3v) is 3.08. The van der Waals surface area contributed by atoms with Crippen molar-refractivity contribution >= 4 is 0 Å². The Morgan fingerprint density at radius 3 is 2.56 bits per heavy atom. The SMILES string of the molecule is COC(C)C1CC12CC2. The van der Waals surface area contributed by atoms with Gasteiger partial charge >= 0.3 is 0 Å². The fourth-order valence-corrected chi connectivity index (χ4v) is 1.94. The van der Waals surface area contributed by atoms with Crippen molar-refractivity contribution in [2.45, 2.75) is 32.3 Å². The Morgan fingerprint density at radius 2 is 2.22 bits per heavy atom. The molecule has 1 spiro atoms. The summed E-state index contributed by atoms with van der Waals surface area (Å²) >= 11 is 0. The van der Waals surface area contributed by atoms with Gasteiger partial charge in [0.25, 0.3) is 0 Å². The molecular formula is C8H14O. The van der Waals surface area contributed by atoms with Crippen molar-refractivity contribution in [2.75, 3.05) is 7.11 Å². The summed E-state index contributed by atoms with van der Waals surface area (Å²) in [7, 11) is 1.82.